The van der Waals surface area contributed by atoms with Crippen LogP contribution in [0.25, 0.3) is 0 Å². The minimum atomic E-state index is 0.554. The summed E-state index contributed by atoms with van der Waals surface area (Å²) in [5.74, 6) is 0. The molecule has 0 aromatic heterocycles. The first-order chi connectivity index (χ1) is 6.25. The van der Waals surface area contributed by atoms with Crippen molar-refractivity contribution in [1.29, 1.82) is 0 Å². The summed E-state index contributed by atoms with van der Waals surface area (Å²) >= 11 is 0. The van der Waals surface area contributed by atoms with Gasteiger partial charge >= 0.3 is 0 Å². The Hall–Kier alpha value is -0.120. The number of nitrogens with one attached hydrogen (secondary N) is 1. The van der Waals surface area contributed by atoms with Crippen molar-refractivity contribution in [1.82, 2.24) is 10.2 Å². The van der Waals surface area contributed by atoms with Gasteiger partial charge in [-0.05, 0) is 27.3 Å². The molecule has 2 atom stereocenters. The lowest BCUT2D eigenvalue weighted by atomic mass is 10.1. The van der Waals surface area contributed by atoms with E-state index in [1.165, 1.54) is 13.0 Å². The first kappa shape index (κ1) is 11.0. The smallest absolute Gasteiger partial charge is 0.0593 e. The van der Waals surface area contributed by atoms with Crippen molar-refractivity contribution in [2.45, 2.75) is 32.4 Å². The number of rotatable bonds is 3. The summed E-state index contributed by atoms with van der Waals surface area (Å²) in [5.41, 5.74) is 0. The average molecular weight is 186 g/mol. The largest absolute Gasteiger partial charge is 0.380 e. The molecule has 78 valence electrons. The molecule has 13 heavy (non-hydrogen) atoms. The van der Waals surface area contributed by atoms with Gasteiger partial charge in [0, 0.05) is 31.8 Å². The zero-order valence-electron chi connectivity index (χ0n) is 9.05. The van der Waals surface area contributed by atoms with Crippen LogP contribution in [0.5, 0.6) is 0 Å². The van der Waals surface area contributed by atoms with Gasteiger partial charge in [0.1, 0.15) is 0 Å². The van der Waals surface area contributed by atoms with Gasteiger partial charge in [0.2, 0.25) is 0 Å². The van der Waals surface area contributed by atoms with Gasteiger partial charge in [-0.1, -0.05) is 0 Å². The van der Waals surface area contributed by atoms with Crippen LogP contribution in [0.3, 0.4) is 0 Å². The number of hydrogen-bond acceptors (Lipinski definition) is 3. The summed E-state index contributed by atoms with van der Waals surface area (Å²) in [6.45, 7) is 8.58. The van der Waals surface area contributed by atoms with Crippen LogP contribution in [0.1, 0.15) is 20.3 Å². The van der Waals surface area contributed by atoms with Crippen molar-refractivity contribution in [2.24, 2.45) is 0 Å². The van der Waals surface area contributed by atoms with Crippen molar-refractivity contribution >= 4 is 0 Å². The molecule has 3 nitrogen and oxygen atoms in total. The Morgan fingerprint density at radius 3 is 2.69 bits per heavy atom. The lowest BCUT2D eigenvalue weighted by Gasteiger charge is -2.31. The molecule has 1 fully saturated rings. The Balaban J connectivity index is 2.38. The van der Waals surface area contributed by atoms with Crippen LogP contribution in [0, 0.1) is 0 Å². The van der Waals surface area contributed by atoms with Gasteiger partial charge in [0.05, 0.1) is 6.61 Å². The van der Waals surface area contributed by atoms with Gasteiger partial charge in [-0.2, -0.15) is 0 Å². The topological polar surface area (TPSA) is 24.5 Å². The van der Waals surface area contributed by atoms with E-state index in [0.717, 1.165) is 19.8 Å². The van der Waals surface area contributed by atoms with E-state index in [1.807, 2.05) is 7.05 Å². The number of nitrogens with zero attached hydrogens (tertiary/aromatic N) is 1. The van der Waals surface area contributed by atoms with Gasteiger partial charge in [-0.3, -0.25) is 4.90 Å². The third-order valence-electron chi connectivity index (χ3n) is 3.01. The molecule has 1 saturated heterocycles. The standard InChI is InChI=1S/C10H22N2O/c1-9(11-3)10(2)12-5-4-7-13-8-6-12/h9-11H,4-8H2,1-3H3. The van der Waals surface area contributed by atoms with E-state index in [0.29, 0.717) is 12.1 Å². The van der Waals surface area contributed by atoms with E-state index in [2.05, 4.69) is 24.1 Å². The fourth-order valence-corrected chi connectivity index (χ4v) is 1.73. The number of hydrogen-bond donors (Lipinski definition) is 1. The minimum Gasteiger partial charge on any atom is -0.380 e. The van der Waals surface area contributed by atoms with Crippen molar-refractivity contribution in [3.63, 3.8) is 0 Å². The zero-order chi connectivity index (χ0) is 9.68. The molecular formula is C10H22N2O. The second-order valence-electron chi connectivity index (χ2n) is 3.82. The molecule has 1 rings (SSSR count). The predicted octanol–water partition coefficient (Wildman–Crippen LogP) is 0.705. The Labute approximate surface area is 81.4 Å². The monoisotopic (exact) mass is 186 g/mol. The van der Waals surface area contributed by atoms with Gasteiger partial charge in [-0.15, -0.1) is 0 Å². The summed E-state index contributed by atoms with van der Waals surface area (Å²) in [6.07, 6.45) is 1.17. The molecule has 3 heteroatoms. The lowest BCUT2D eigenvalue weighted by molar-refractivity contribution is 0.128. The molecule has 1 heterocycles. The van der Waals surface area contributed by atoms with Gasteiger partial charge in [-0.25, -0.2) is 0 Å². The highest BCUT2D eigenvalue weighted by atomic mass is 16.5. The van der Waals surface area contributed by atoms with E-state index >= 15 is 0 Å². The lowest BCUT2D eigenvalue weighted by Crippen LogP contribution is -2.46. The molecule has 0 radical (unpaired) electrons. The van der Waals surface area contributed by atoms with Crippen LogP contribution in [0.4, 0.5) is 0 Å². The van der Waals surface area contributed by atoms with Gasteiger partial charge in [0.25, 0.3) is 0 Å². The van der Waals surface area contributed by atoms with Crippen LogP contribution in [0.15, 0.2) is 0 Å². The van der Waals surface area contributed by atoms with Crippen molar-refractivity contribution in [3.8, 4) is 0 Å². The molecule has 0 aromatic carbocycles. The van der Waals surface area contributed by atoms with E-state index in [1.54, 1.807) is 0 Å². The normalized spacial score (nSPS) is 25.2. The molecule has 0 bridgehead atoms. The SMILES string of the molecule is CNC(C)C(C)N1CCCOCC1. The highest BCUT2D eigenvalue weighted by Gasteiger charge is 2.19. The highest BCUT2D eigenvalue weighted by molar-refractivity contribution is 4.77. The van der Waals surface area contributed by atoms with E-state index in [-0.39, 0.29) is 0 Å². The second kappa shape index (κ2) is 5.58. The fraction of sp³-hybridized carbons (Fsp3) is 1.00. The molecule has 0 aliphatic carbocycles. The predicted molar refractivity (Wildman–Crippen MR) is 55.0 cm³/mol. The van der Waals surface area contributed by atoms with Gasteiger partial charge < -0.3 is 10.1 Å². The molecule has 0 amide bonds. The van der Waals surface area contributed by atoms with Crippen LogP contribution >= 0.6 is 0 Å². The van der Waals surface area contributed by atoms with Crippen molar-refractivity contribution in [2.75, 3.05) is 33.4 Å². The van der Waals surface area contributed by atoms with E-state index < -0.39 is 0 Å². The molecule has 0 spiro atoms. The number of ether oxygens (including phenoxy) is 1. The third-order valence-corrected chi connectivity index (χ3v) is 3.01. The molecule has 2 unspecified atom stereocenters. The summed E-state index contributed by atoms with van der Waals surface area (Å²) in [7, 11) is 2.02. The van der Waals surface area contributed by atoms with Crippen LogP contribution in [-0.2, 0) is 4.74 Å². The van der Waals surface area contributed by atoms with E-state index in [4.69, 9.17) is 4.74 Å². The van der Waals surface area contributed by atoms with Gasteiger partial charge in [0.15, 0.2) is 0 Å². The minimum absolute atomic E-state index is 0.554. The summed E-state index contributed by atoms with van der Waals surface area (Å²) in [5, 5.41) is 3.30. The number of likely N-dealkylation sites (N-methyl/N-ethyl adjacent to an activating group) is 1. The average Bonchev–Trinajstić information content (AvgIpc) is 2.43. The van der Waals surface area contributed by atoms with Crippen molar-refractivity contribution < 1.29 is 4.74 Å². The Morgan fingerprint density at radius 2 is 2.00 bits per heavy atom. The fourth-order valence-electron chi connectivity index (χ4n) is 1.73. The molecule has 0 saturated carbocycles. The quantitative estimate of drug-likeness (QED) is 0.702. The molecule has 0 aromatic rings. The zero-order valence-corrected chi connectivity index (χ0v) is 9.05. The third kappa shape index (κ3) is 3.25. The Bertz CT molecular complexity index is 133. The Kier molecular flexibility index (Phi) is 4.70. The maximum absolute atomic E-state index is 5.43. The van der Waals surface area contributed by atoms with Crippen LogP contribution in [-0.4, -0.2) is 50.3 Å². The second-order valence-corrected chi connectivity index (χ2v) is 3.82. The molecule has 1 aliphatic rings. The Morgan fingerprint density at radius 1 is 1.23 bits per heavy atom. The molecule has 1 aliphatic heterocycles. The maximum Gasteiger partial charge on any atom is 0.0593 e. The first-order valence-electron chi connectivity index (χ1n) is 5.24. The first-order valence-corrected chi connectivity index (χ1v) is 5.24. The molecular weight excluding hydrogens is 164 g/mol. The highest BCUT2D eigenvalue weighted by Crippen LogP contribution is 2.07. The van der Waals surface area contributed by atoms with E-state index in [9.17, 15) is 0 Å². The van der Waals surface area contributed by atoms with Crippen LogP contribution in [0.2, 0.25) is 0 Å². The molecule has 1 N–H and O–H groups in total. The summed E-state index contributed by atoms with van der Waals surface area (Å²) < 4.78 is 5.43. The van der Waals surface area contributed by atoms with Crippen molar-refractivity contribution in [3.05, 3.63) is 0 Å². The summed E-state index contributed by atoms with van der Waals surface area (Å²) in [4.78, 5) is 2.51. The maximum atomic E-state index is 5.43. The summed E-state index contributed by atoms with van der Waals surface area (Å²) in [6, 6.07) is 1.16. The van der Waals surface area contributed by atoms with Crippen LogP contribution < -0.4 is 5.32 Å².